The van der Waals surface area contributed by atoms with Crippen molar-refractivity contribution < 1.29 is 24.2 Å². The molecule has 0 aliphatic carbocycles. The Hall–Kier alpha value is -4.98. The molecule has 1 atom stereocenters. The number of aliphatic carboxylic acids is 1. The van der Waals surface area contributed by atoms with E-state index in [2.05, 4.69) is 15.6 Å². The molecule has 8 nitrogen and oxygen atoms in total. The van der Waals surface area contributed by atoms with Gasteiger partial charge in [0.15, 0.2) is 0 Å². The summed E-state index contributed by atoms with van der Waals surface area (Å²) in [5.74, 6) is -0.999. The number of carboxylic acids is 1. The molecule has 0 radical (unpaired) electrons. The number of fused-ring (bicyclic) bond motifs is 6. The van der Waals surface area contributed by atoms with Gasteiger partial charge in [-0.25, -0.2) is 0 Å². The lowest BCUT2D eigenvalue weighted by Gasteiger charge is -2.12. The zero-order valence-electron chi connectivity index (χ0n) is 22.7. The number of anilines is 1. The third-order valence-electron chi connectivity index (χ3n) is 7.09. The second kappa shape index (κ2) is 12.5. The molecular weight excluding hydrogens is 518 g/mol. The molecule has 2 amide bonds. The van der Waals surface area contributed by atoms with Crippen LogP contribution in [0.5, 0.6) is 5.75 Å². The average molecular weight is 550 g/mol. The first-order valence-corrected chi connectivity index (χ1v) is 13.7. The normalized spacial score (nSPS) is 11.8. The molecule has 0 saturated carbocycles. The Kier molecular flexibility index (Phi) is 8.39. The first-order chi connectivity index (χ1) is 19.9. The Morgan fingerprint density at radius 2 is 1.66 bits per heavy atom. The fourth-order valence-electron chi connectivity index (χ4n) is 4.90. The average Bonchev–Trinajstić information content (AvgIpc) is 2.99. The second-order valence-electron chi connectivity index (χ2n) is 10.00. The SMILES string of the molecule is CCCC(Cc1ccc(OCCNC(=O)c2ccc(NC(=O)c3ccc4cc3c3cc4ccn3)cc2)cc1)C(=O)O. The van der Waals surface area contributed by atoms with E-state index in [9.17, 15) is 19.5 Å². The number of amides is 2. The lowest BCUT2D eigenvalue weighted by Crippen LogP contribution is -2.28. The lowest BCUT2D eigenvalue weighted by atomic mass is 9.95. The summed E-state index contributed by atoms with van der Waals surface area (Å²) in [6.45, 7) is 2.57. The van der Waals surface area contributed by atoms with Crippen LogP contribution in [0.15, 0.2) is 85.1 Å². The van der Waals surface area contributed by atoms with Gasteiger partial charge in [-0.1, -0.05) is 31.5 Å². The number of benzene rings is 4. The highest BCUT2D eigenvalue weighted by atomic mass is 16.5. The molecule has 0 aliphatic heterocycles. The van der Waals surface area contributed by atoms with E-state index in [1.807, 2.05) is 61.5 Å². The fourth-order valence-corrected chi connectivity index (χ4v) is 4.90. The number of aromatic nitrogens is 1. The molecule has 0 aliphatic rings. The summed E-state index contributed by atoms with van der Waals surface area (Å²) >= 11 is 0. The van der Waals surface area contributed by atoms with E-state index in [0.717, 1.165) is 33.7 Å². The van der Waals surface area contributed by atoms with E-state index in [-0.39, 0.29) is 24.3 Å². The molecule has 3 N–H and O–H groups in total. The minimum absolute atomic E-state index is 0.245. The number of nitrogens with one attached hydrogen (secondary N) is 2. The number of rotatable bonds is 12. The number of carboxylic acid groups (broad SMARTS) is 1. The molecule has 1 heterocycles. The third kappa shape index (κ3) is 6.61. The maximum absolute atomic E-state index is 13.0. The van der Waals surface area contributed by atoms with Gasteiger partial charge >= 0.3 is 5.97 Å². The van der Waals surface area contributed by atoms with E-state index >= 15 is 0 Å². The minimum Gasteiger partial charge on any atom is -0.492 e. The molecule has 5 rings (SSSR count). The standard InChI is InChI=1S/C33H31N3O5/c1-2-3-25(33(39)40)18-21-4-11-27(12-5-21)41-17-16-35-31(37)22-6-9-26(10-7-22)36-32(38)28-13-8-23-19-29(28)30-20-24(23)14-15-34-30/h4-15,19-20,25H,2-3,16-18H2,1H3,(H,35,37)(H,36,38)(H,39,40). The van der Waals surface area contributed by atoms with Gasteiger partial charge in [-0.15, -0.1) is 0 Å². The fraction of sp³-hybridized carbons (Fsp3) is 0.212. The number of hydrogen-bond acceptors (Lipinski definition) is 5. The van der Waals surface area contributed by atoms with Crippen molar-refractivity contribution >= 4 is 45.1 Å². The molecule has 208 valence electrons. The molecule has 1 aromatic heterocycles. The molecule has 5 aromatic rings. The highest BCUT2D eigenvalue weighted by Crippen LogP contribution is 2.27. The quantitative estimate of drug-likeness (QED) is 0.166. The van der Waals surface area contributed by atoms with Crippen LogP contribution in [-0.4, -0.2) is 41.0 Å². The second-order valence-corrected chi connectivity index (χ2v) is 10.00. The lowest BCUT2D eigenvalue weighted by molar-refractivity contribution is -0.141. The summed E-state index contributed by atoms with van der Waals surface area (Å²) in [6.07, 6.45) is 3.71. The van der Waals surface area contributed by atoms with E-state index in [1.54, 1.807) is 30.5 Å². The largest absolute Gasteiger partial charge is 0.492 e. The van der Waals surface area contributed by atoms with Crippen LogP contribution >= 0.6 is 0 Å². The summed E-state index contributed by atoms with van der Waals surface area (Å²) in [5, 5.41) is 18.0. The predicted octanol–water partition coefficient (Wildman–Crippen LogP) is 5.93. The molecule has 4 aromatic carbocycles. The molecule has 8 heteroatoms. The maximum Gasteiger partial charge on any atom is 0.306 e. The zero-order chi connectivity index (χ0) is 28.8. The molecule has 41 heavy (non-hydrogen) atoms. The van der Waals surface area contributed by atoms with Crippen LogP contribution in [0, 0.1) is 5.92 Å². The van der Waals surface area contributed by atoms with E-state index in [4.69, 9.17) is 4.74 Å². The van der Waals surface area contributed by atoms with E-state index < -0.39 is 5.97 Å². The molecule has 1 unspecified atom stereocenters. The van der Waals surface area contributed by atoms with Gasteiger partial charge in [-0.2, -0.15) is 0 Å². The summed E-state index contributed by atoms with van der Waals surface area (Å²) in [4.78, 5) is 41.3. The summed E-state index contributed by atoms with van der Waals surface area (Å²) in [5.41, 5.74) is 3.30. The third-order valence-corrected chi connectivity index (χ3v) is 7.09. The number of hydrogen-bond donors (Lipinski definition) is 3. The number of carbonyl (C=O) groups is 3. The first-order valence-electron chi connectivity index (χ1n) is 13.7. The summed E-state index contributed by atoms with van der Waals surface area (Å²) < 4.78 is 5.71. The van der Waals surface area contributed by atoms with Crippen molar-refractivity contribution in [1.82, 2.24) is 10.3 Å². The molecule has 0 saturated heterocycles. The van der Waals surface area contributed by atoms with Crippen molar-refractivity contribution in [1.29, 1.82) is 0 Å². The van der Waals surface area contributed by atoms with Crippen LogP contribution in [0.2, 0.25) is 0 Å². The Morgan fingerprint density at radius 3 is 2.39 bits per heavy atom. The Labute approximate surface area is 237 Å². The van der Waals surface area contributed by atoms with Crippen LogP contribution in [0.3, 0.4) is 0 Å². The molecule has 0 spiro atoms. The van der Waals surface area contributed by atoms with Crippen molar-refractivity contribution in [3.63, 3.8) is 0 Å². The van der Waals surface area contributed by atoms with E-state index in [1.165, 1.54) is 0 Å². The monoisotopic (exact) mass is 549 g/mol. The van der Waals surface area contributed by atoms with Gasteiger partial charge < -0.3 is 20.5 Å². The predicted molar refractivity (Wildman–Crippen MR) is 159 cm³/mol. The van der Waals surface area contributed by atoms with Crippen LogP contribution in [0.4, 0.5) is 5.69 Å². The van der Waals surface area contributed by atoms with Crippen molar-refractivity contribution in [3.8, 4) is 5.75 Å². The Bertz CT molecular complexity index is 1670. The van der Waals surface area contributed by atoms with Gasteiger partial charge in [0.2, 0.25) is 0 Å². The van der Waals surface area contributed by atoms with Gasteiger partial charge in [-0.05, 0) is 89.8 Å². The van der Waals surface area contributed by atoms with Crippen molar-refractivity contribution in [3.05, 3.63) is 102 Å². The van der Waals surface area contributed by atoms with Crippen LogP contribution < -0.4 is 15.4 Å². The number of pyridine rings is 1. The number of ether oxygens (including phenoxy) is 1. The summed E-state index contributed by atoms with van der Waals surface area (Å²) in [7, 11) is 0. The highest BCUT2D eigenvalue weighted by Gasteiger charge is 2.17. The van der Waals surface area contributed by atoms with E-state index in [0.29, 0.717) is 42.0 Å². The molecule has 4 bridgehead atoms. The first kappa shape index (κ1) is 27.6. The van der Waals surface area contributed by atoms with Gasteiger partial charge in [0, 0.05) is 28.4 Å². The Morgan fingerprint density at radius 1 is 0.902 bits per heavy atom. The highest BCUT2D eigenvalue weighted by molar-refractivity contribution is 6.15. The van der Waals surface area contributed by atoms with Gasteiger partial charge in [0.05, 0.1) is 18.0 Å². The number of nitrogens with zero attached hydrogens (tertiary/aromatic N) is 1. The molecule has 0 fully saturated rings. The molecular formula is C33H31N3O5. The van der Waals surface area contributed by atoms with Crippen molar-refractivity contribution in [2.45, 2.75) is 26.2 Å². The van der Waals surface area contributed by atoms with Crippen molar-refractivity contribution in [2.24, 2.45) is 5.92 Å². The Balaban J connectivity index is 1.09. The van der Waals surface area contributed by atoms with Crippen LogP contribution in [0.1, 0.15) is 46.0 Å². The van der Waals surface area contributed by atoms with Crippen LogP contribution in [0.25, 0.3) is 21.7 Å². The van der Waals surface area contributed by atoms with Gasteiger partial charge in [0.1, 0.15) is 12.4 Å². The zero-order valence-corrected chi connectivity index (χ0v) is 22.7. The van der Waals surface area contributed by atoms with Crippen molar-refractivity contribution in [2.75, 3.05) is 18.5 Å². The topological polar surface area (TPSA) is 118 Å². The van der Waals surface area contributed by atoms with Crippen LogP contribution in [-0.2, 0) is 11.2 Å². The van der Waals surface area contributed by atoms with Gasteiger partial charge in [0.25, 0.3) is 11.8 Å². The smallest absolute Gasteiger partial charge is 0.306 e. The summed E-state index contributed by atoms with van der Waals surface area (Å²) in [6, 6.07) is 23.7. The maximum atomic E-state index is 13.0. The number of carbonyl (C=O) groups excluding carboxylic acids is 2. The van der Waals surface area contributed by atoms with Gasteiger partial charge in [-0.3, -0.25) is 19.4 Å². The minimum atomic E-state index is -0.772.